The largest absolute Gasteiger partial charge is 0.480 e. The van der Waals surface area contributed by atoms with Crippen LogP contribution in [-0.2, 0) is 11.2 Å². The van der Waals surface area contributed by atoms with Crippen LogP contribution in [0.2, 0.25) is 0 Å². The van der Waals surface area contributed by atoms with Crippen molar-refractivity contribution in [1.82, 2.24) is 0 Å². The molecule has 0 bridgehead atoms. The Morgan fingerprint density at radius 1 is 1.15 bits per heavy atom. The summed E-state index contributed by atoms with van der Waals surface area (Å²) in [6.07, 6.45) is 0.195. The van der Waals surface area contributed by atoms with E-state index in [9.17, 15) is 4.79 Å². The van der Waals surface area contributed by atoms with E-state index < -0.39 is 6.10 Å². The predicted octanol–water partition coefficient (Wildman–Crippen LogP) is 3.25. The zero-order valence-corrected chi connectivity index (χ0v) is 11.6. The minimum Gasteiger partial charge on any atom is -0.480 e. The maximum atomic E-state index is 12.3. The number of fused-ring (bicyclic) bond motifs is 1. The van der Waals surface area contributed by atoms with Crippen LogP contribution in [0.1, 0.15) is 16.7 Å². The van der Waals surface area contributed by atoms with Gasteiger partial charge in [-0.15, -0.1) is 0 Å². The van der Waals surface area contributed by atoms with Gasteiger partial charge in [-0.1, -0.05) is 24.3 Å². The van der Waals surface area contributed by atoms with Crippen LogP contribution >= 0.6 is 0 Å². The van der Waals surface area contributed by atoms with E-state index in [1.807, 2.05) is 50.2 Å². The Bertz CT molecular complexity index is 619. The molecule has 1 aliphatic rings. The lowest BCUT2D eigenvalue weighted by Crippen LogP contribution is -2.31. The molecule has 0 radical (unpaired) electrons. The summed E-state index contributed by atoms with van der Waals surface area (Å²) < 4.78 is 5.69. The quantitative estimate of drug-likeness (QED) is 0.907. The Hall–Kier alpha value is -2.29. The highest BCUT2D eigenvalue weighted by Crippen LogP contribution is 2.28. The van der Waals surface area contributed by atoms with Gasteiger partial charge >= 0.3 is 0 Å². The van der Waals surface area contributed by atoms with Gasteiger partial charge in [0.25, 0.3) is 5.91 Å². The average Bonchev–Trinajstić information content (AvgIpc) is 2.81. The third-order valence-electron chi connectivity index (χ3n) is 3.43. The molecule has 102 valence electrons. The van der Waals surface area contributed by atoms with Crippen molar-refractivity contribution in [3.8, 4) is 5.75 Å². The van der Waals surface area contributed by atoms with Crippen LogP contribution < -0.4 is 10.1 Å². The maximum absolute atomic E-state index is 12.3. The second kappa shape index (κ2) is 5.00. The number of carbonyl (C=O) groups is 1. The van der Waals surface area contributed by atoms with E-state index in [-0.39, 0.29) is 5.91 Å². The zero-order chi connectivity index (χ0) is 14.1. The maximum Gasteiger partial charge on any atom is 0.265 e. The molecule has 2 aromatic rings. The lowest BCUT2D eigenvalue weighted by Gasteiger charge is -2.12. The molecule has 0 aliphatic carbocycles. The van der Waals surface area contributed by atoms with Gasteiger partial charge in [-0.25, -0.2) is 0 Å². The summed E-state index contributed by atoms with van der Waals surface area (Å²) in [7, 11) is 0. The summed E-state index contributed by atoms with van der Waals surface area (Å²) in [4.78, 5) is 12.3. The number of amides is 1. The molecule has 1 atom stereocenters. The zero-order valence-electron chi connectivity index (χ0n) is 11.6. The first kappa shape index (κ1) is 12.7. The van der Waals surface area contributed by atoms with Crippen molar-refractivity contribution in [3.63, 3.8) is 0 Å². The van der Waals surface area contributed by atoms with Crippen LogP contribution in [-0.4, -0.2) is 12.0 Å². The third kappa shape index (κ3) is 2.52. The molecule has 3 nitrogen and oxygen atoms in total. The van der Waals surface area contributed by atoms with Crippen molar-refractivity contribution in [2.45, 2.75) is 26.4 Å². The SMILES string of the molecule is Cc1cc(C)cc(NC(=O)C2Cc3ccccc3O2)c1. The number of hydrogen-bond donors (Lipinski definition) is 1. The van der Waals surface area contributed by atoms with Gasteiger partial charge in [0.05, 0.1) is 0 Å². The van der Waals surface area contributed by atoms with Crippen LogP contribution in [0.25, 0.3) is 0 Å². The van der Waals surface area contributed by atoms with Crippen LogP contribution in [0.3, 0.4) is 0 Å². The van der Waals surface area contributed by atoms with Crippen molar-refractivity contribution >= 4 is 11.6 Å². The van der Waals surface area contributed by atoms with Crippen LogP contribution in [0.4, 0.5) is 5.69 Å². The van der Waals surface area contributed by atoms with E-state index in [1.165, 1.54) is 0 Å². The van der Waals surface area contributed by atoms with E-state index in [4.69, 9.17) is 4.74 Å². The molecular weight excluding hydrogens is 250 g/mol. The number of nitrogens with one attached hydrogen (secondary N) is 1. The standard InChI is InChI=1S/C17H17NO2/c1-11-7-12(2)9-14(8-11)18-17(19)16-10-13-5-3-4-6-15(13)20-16/h3-9,16H,10H2,1-2H3,(H,18,19). The Balaban J connectivity index is 1.72. The van der Waals surface area contributed by atoms with Crippen LogP contribution in [0, 0.1) is 13.8 Å². The molecule has 1 N–H and O–H groups in total. The van der Waals surface area contributed by atoms with Crippen LogP contribution in [0.15, 0.2) is 42.5 Å². The third-order valence-corrected chi connectivity index (χ3v) is 3.43. The molecule has 3 rings (SSSR count). The van der Waals surface area contributed by atoms with Crippen molar-refractivity contribution < 1.29 is 9.53 Å². The molecule has 0 fully saturated rings. The molecular formula is C17H17NO2. The van der Waals surface area contributed by atoms with E-state index in [0.717, 1.165) is 28.1 Å². The number of ether oxygens (including phenoxy) is 1. The topological polar surface area (TPSA) is 38.3 Å². The number of benzene rings is 2. The molecule has 0 saturated carbocycles. The lowest BCUT2D eigenvalue weighted by atomic mass is 10.1. The summed E-state index contributed by atoms with van der Waals surface area (Å²) in [5, 5.41) is 2.94. The van der Waals surface area contributed by atoms with Crippen molar-refractivity contribution in [2.75, 3.05) is 5.32 Å². The molecule has 3 heteroatoms. The van der Waals surface area contributed by atoms with Gasteiger partial charge in [-0.2, -0.15) is 0 Å². The molecule has 1 aliphatic heterocycles. The van der Waals surface area contributed by atoms with Crippen molar-refractivity contribution in [3.05, 3.63) is 59.2 Å². The number of hydrogen-bond acceptors (Lipinski definition) is 2. The Morgan fingerprint density at radius 2 is 1.85 bits per heavy atom. The van der Waals surface area contributed by atoms with Gasteiger partial charge in [0.1, 0.15) is 5.75 Å². The van der Waals surface area contributed by atoms with Crippen molar-refractivity contribution in [1.29, 1.82) is 0 Å². The second-order valence-corrected chi connectivity index (χ2v) is 5.28. The molecule has 1 amide bonds. The first-order valence-electron chi connectivity index (χ1n) is 6.75. The summed E-state index contributed by atoms with van der Waals surface area (Å²) in [6.45, 7) is 4.04. The van der Waals surface area contributed by atoms with E-state index in [1.54, 1.807) is 0 Å². The van der Waals surface area contributed by atoms with Gasteiger partial charge < -0.3 is 10.1 Å². The minimum atomic E-state index is -0.437. The fourth-order valence-corrected chi connectivity index (χ4v) is 2.60. The average molecular weight is 267 g/mol. The lowest BCUT2D eigenvalue weighted by molar-refractivity contribution is -0.122. The Labute approximate surface area is 118 Å². The Morgan fingerprint density at radius 3 is 2.55 bits per heavy atom. The monoisotopic (exact) mass is 267 g/mol. The summed E-state index contributed by atoms with van der Waals surface area (Å²) in [5.74, 6) is 0.722. The van der Waals surface area contributed by atoms with Crippen LogP contribution in [0.5, 0.6) is 5.75 Å². The smallest absolute Gasteiger partial charge is 0.265 e. The fourth-order valence-electron chi connectivity index (χ4n) is 2.60. The summed E-state index contributed by atoms with van der Waals surface area (Å²) in [6, 6.07) is 13.8. The Kier molecular flexibility index (Phi) is 3.18. The molecule has 1 heterocycles. The van der Waals surface area contributed by atoms with E-state index in [2.05, 4.69) is 11.4 Å². The van der Waals surface area contributed by atoms with Gasteiger partial charge in [0.15, 0.2) is 6.10 Å². The van der Waals surface area contributed by atoms with Gasteiger partial charge in [0, 0.05) is 12.1 Å². The fraction of sp³-hybridized carbons (Fsp3) is 0.235. The number of anilines is 1. The van der Waals surface area contributed by atoms with Gasteiger partial charge in [-0.3, -0.25) is 4.79 Å². The molecule has 0 aromatic heterocycles. The minimum absolute atomic E-state index is 0.0915. The second-order valence-electron chi connectivity index (χ2n) is 5.28. The first-order chi connectivity index (χ1) is 9.61. The van der Waals surface area contributed by atoms with E-state index in [0.29, 0.717) is 6.42 Å². The van der Waals surface area contributed by atoms with Gasteiger partial charge in [0.2, 0.25) is 0 Å². The van der Waals surface area contributed by atoms with Gasteiger partial charge in [-0.05, 0) is 48.7 Å². The van der Waals surface area contributed by atoms with E-state index >= 15 is 0 Å². The normalized spacial score (nSPS) is 16.4. The highest BCUT2D eigenvalue weighted by molar-refractivity contribution is 5.95. The highest BCUT2D eigenvalue weighted by atomic mass is 16.5. The number of rotatable bonds is 2. The first-order valence-corrected chi connectivity index (χ1v) is 6.75. The predicted molar refractivity (Wildman–Crippen MR) is 79.1 cm³/mol. The summed E-state index contributed by atoms with van der Waals surface area (Å²) in [5.41, 5.74) is 4.19. The molecule has 0 spiro atoms. The summed E-state index contributed by atoms with van der Waals surface area (Å²) >= 11 is 0. The molecule has 1 unspecified atom stereocenters. The molecule has 20 heavy (non-hydrogen) atoms. The number of para-hydroxylation sites is 1. The van der Waals surface area contributed by atoms with Crippen molar-refractivity contribution in [2.24, 2.45) is 0 Å². The number of aryl methyl sites for hydroxylation is 2. The molecule has 0 saturated heterocycles. The molecule has 2 aromatic carbocycles. The number of carbonyl (C=O) groups excluding carboxylic acids is 1. The highest BCUT2D eigenvalue weighted by Gasteiger charge is 2.28.